The lowest BCUT2D eigenvalue weighted by atomic mass is 10.2. The van der Waals surface area contributed by atoms with E-state index in [0.29, 0.717) is 16.3 Å². The second-order valence-electron chi connectivity index (χ2n) is 4.67. The molecule has 0 saturated carbocycles. The highest BCUT2D eigenvalue weighted by Gasteiger charge is 2.16. The van der Waals surface area contributed by atoms with Crippen molar-refractivity contribution in [3.8, 4) is 11.3 Å². The van der Waals surface area contributed by atoms with Crippen molar-refractivity contribution in [1.82, 2.24) is 10.6 Å². The van der Waals surface area contributed by atoms with Crippen LogP contribution in [0.15, 0.2) is 40.8 Å². The van der Waals surface area contributed by atoms with E-state index in [1.165, 1.54) is 13.1 Å². The average Bonchev–Trinajstić information content (AvgIpc) is 3.07. The number of carbonyl (C=O) groups is 3. The molecule has 0 aliphatic carbocycles. The molecule has 24 heavy (non-hydrogen) atoms. The summed E-state index contributed by atoms with van der Waals surface area (Å²) in [5.41, 5.74) is 0.640. The number of rotatable bonds is 6. The maximum Gasteiger partial charge on any atom is 0.374 e. The molecule has 2 amide bonds. The molecule has 0 atom stereocenters. The quantitative estimate of drug-likeness (QED) is 0.771. The number of amides is 2. The van der Waals surface area contributed by atoms with Crippen LogP contribution in [0.25, 0.3) is 11.3 Å². The summed E-state index contributed by atoms with van der Waals surface area (Å²) < 4.78 is 10.2. The summed E-state index contributed by atoms with van der Waals surface area (Å²) in [7, 11) is 1.45. The number of likely N-dealkylation sites (N-methyl/N-ethyl adjacent to an activating group) is 1. The van der Waals surface area contributed by atoms with Crippen molar-refractivity contribution in [3.63, 3.8) is 0 Å². The standard InChI is InChI=1S/C16H15ClN2O5/c1-18-14(20)8-19-15(21)9-23-16(22)13-7-6-12(24-13)10-4-2-3-5-11(10)17/h2-7H,8-9H2,1H3,(H,18,20)(H,19,21). The molecule has 0 fully saturated rings. The van der Waals surface area contributed by atoms with Gasteiger partial charge in [-0.15, -0.1) is 0 Å². The molecule has 2 aromatic rings. The molecule has 8 heteroatoms. The van der Waals surface area contributed by atoms with E-state index in [0.717, 1.165) is 0 Å². The zero-order valence-electron chi connectivity index (χ0n) is 12.8. The summed E-state index contributed by atoms with van der Waals surface area (Å²) in [5, 5.41) is 5.14. The van der Waals surface area contributed by atoms with Gasteiger partial charge in [0.1, 0.15) is 5.76 Å². The van der Waals surface area contributed by atoms with Crippen LogP contribution in [0.3, 0.4) is 0 Å². The van der Waals surface area contributed by atoms with Crippen LogP contribution in [0.2, 0.25) is 5.02 Å². The maximum absolute atomic E-state index is 11.9. The summed E-state index contributed by atoms with van der Waals surface area (Å²) in [6.45, 7) is -0.706. The van der Waals surface area contributed by atoms with Crippen molar-refractivity contribution in [2.45, 2.75) is 0 Å². The number of hydrogen-bond acceptors (Lipinski definition) is 5. The van der Waals surface area contributed by atoms with Crippen LogP contribution in [-0.2, 0) is 14.3 Å². The fourth-order valence-corrected chi connectivity index (χ4v) is 2.00. The molecule has 2 N–H and O–H groups in total. The predicted octanol–water partition coefficient (Wildman–Crippen LogP) is 1.62. The van der Waals surface area contributed by atoms with E-state index in [-0.39, 0.29) is 18.2 Å². The number of benzene rings is 1. The fourth-order valence-electron chi connectivity index (χ4n) is 1.77. The summed E-state index contributed by atoms with van der Waals surface area (Å²) in [5.74, 6) is -1.38. The average molecular weight is 351 g/mol. The summed E-state index contributed by atoms with van der Waals surface area (Å²) >= 11 is 6.06. The first kappa shape index (κ1) is 17.6. The Labute approximate surface area is 142 Å². The number of hydrogen-bond donors (Lipinski definition) is 2. The van der Waals surface area contributed by atoms with Gasteiger partial charge in [0.15, 0.2) is 6.61 Å². The van der Waals surface area contributed by atoms with Crippen LogP contribution in [0.1, 0.15) is 10.6 Å². The minimum atomic E-state index is -0.789. The third-order valence-corrected chi connectivity index (χ3v) is 3.34. The fraction of sp³-hybridized carbons (Fsp3) is 0.188. The maximum atomic E-state index is 11.9. The van der Waals surface area contributed by atoms with Gasteiger partial charge in [0, 0.05) is 12.6 Å². The molecule has 1 aromatic carbocycles. The second-order valence-corrected chi connectivity index (χ2v) is 5.08. The van der Waals surface area contributed by atoms with E-state index in [9.17, 15) is 14.4 Å². The van der Waals surface area contributed by atoms with Gasteiger partial charge < -0.3 is 19.8 Å². The van der Waals surface area contributed by atoms with E-state index in [1.807, 2.05) is 0 Å². The van der Waals surface area contributed by atoms with Gasteiger partial charge in [-0.1, -0.05) is 23.7 Å². The summed E-state index contributed by atoms with van der Waals surface area (Å²) in [6.07, 6.45) is 0. The van der Waals surface area contributed by atoms with Crippen LogP contribution in [0.4, 0.5) is 0 Å². The van der Waals surface area contributed by atoms with Gasteiger partial charge in [0.05, 0.1) is 11.6 Å². The molecule has 0 aliphatic heterocycles. The number of carbonyl (C=O) groups excluding carboxylic acids is 3. The van der Waals surface area contributed by atoms with Crippen molar-refractivity contribution in [3.05, 3.63) is 47.2 Å². The first-order valence-corrected chi connectivity index (χ1v) is 7.38. The van der Waals surface area contributed by atoms with Gasteiger partial charge >= 0.3 is 5.97 Å². The highest BCUT2D eigenvalue weighted by Crippen LogP contribution is 2.29. The van der Waals surface area contributed by atoms with E-state index in [2.05, 4.69) is 10.6 Å². The third-order valence-electron chi connectivity index (χ3n) is 3.01. The molecule has 7 nitrogen and oxygen atoms in total. The first-order chi connectivity index (χ1) is 11.5. The number of esters is 1. The highest BCUT2D eigenvalue weighted by atomic mass is 35.5. The lowest BCUT2D eigenvalue weighted by Crippen LogP contribution is -2.37. The second kappa shape index (κ2) is 8.16. The van der Waals surface area contributed by atoms with Crippen molar-refractivity contribution >= 4 is 29.4 Å². The summed E-state index contributed by atoms with van der Waals surface area (Å²) in [6, 6.07) is 10.0. The Balaban J connectivity index is 1.91. The van der Waals surface area contributed by atoms with Gasteiger partial charge in [0.2, 0.25) is 11.7 Å². The van der Waals surface area contributed by atoms with E-state index >= 15 is 0 Å². The Morgan fingerprint density at radius 1 is 1.12 bits per heavy atom. The number of ether oxygens (including phenoxy) is 1. The van der Waals surface area contributed by atoms with E-state index < -0.39 is 18.5 Å². The molecule has 2 rings (SSSR count). The highest BCUT2D eigenvalue weighted by molar-refractivity contribution is 6.33. The van der Waals surface area contributed by atoms with E-state index in [4.69, 9.17) is 20.8 Å². The summed E-state index contributed by atoms with van der Waals surface area (Å²) in [4.78, 5) is 34.3. The number of furan rings is 1. The molecule has 1 aromatic heterocycles. The number of nitrogens with one attached hydrogen (secondary N) is 2. The lowest BCUT2D eigenvalue weighted by molar-refractivity contribution is -0.127. The van der Waals surface area contributed by atoms with Crippen LogP contribution in [0, 0.1) is 0 Å². The van der Waals surface area contributed by atoms with Gasteiger partial charge in [-0.3, -0.25) is 9.59 Å². The Morgan fingerprint density at radius 3 is 2.58 bits per heavy atom. The van der Waals surface area contributed by atoms with Gasteiger partial charge in [-0.2, -0.15) is 0 Å². The zero-order valence-corrected chi connectivity index (χ0v) is 13.6. The van der Waals surface area contributed by atoms with Crippen molar-refractivity contribution < 1.29 is 23.5 Å². The molecule has 0 spiro atoms. The molecule has 126 valence electrons. The van der Waals surface area contributed by atoms with E-state index in [1.54, 1.807) is 30.3 Å². The molecule has 0 aliphatic rings. The van der Waals surface area contributed by atoms with Crippen molar-refractivity contribution in [2.24, 2.45) is 0 Å². The largest absolute Gasteiger partial charge is 0.450 e. The van der Waals surface area contributed by atoms with Crippen LogP contribution < -0.4 is 10.6 Å². The molecule has 0 unspecified atom stereocenters. The Hall–Kier alpha value is -2.80. The molecular formula is C16H15ClN2O5. The Bertz CT molecular complexity index is 756. The molecule has 1 heterocycles. The van der Waals surface area contributed by atoms with Gasteiger partial charge in [-0.25, -0.2) is 4.79 Å². The smallest absolute Gasteiger partial charge is 0.374 e. The third kappa shape index (κ3) is 4.60. The lowest BCUT2D eigenvalue weighted by Gasteiger charge is -2.05. The first-order valence-electron chi connectivity index (χ1n) is 7.00. The molecule has 0 bridgehead atoms. The van der Waals surface area contributed by atoms with Crippen LogP contribution in [-0.4, -0.2) is 38.0 Å². The predicted molar refractivity (Wildman–Crippen MR) is 86.5 cm³/mol. The molecular weight excluding hydrogens is 336 g/mol. The monoisotopic (exact) mass is 350 g/mol. The Kier molecular flexibility index (Phi) is 5.97. The van der Waals surface area contributed by atoms with Crippen LogP contribution >= 0.6 is 11.6 Å². The normalized spacial score (nSPS) is 10.1. The van der Waals surface area contributed by atoms with Crippen LogP contribution in [0.5, 0.6) is 0 Å². The SMILES string of the molecule is CNC(=O)CNC(=O)COC(=O)c1ccc(-c2ccccc2Cl)o1. The molecule has 0 radical (unpaired) electrons. The van der Waals surface area contributed by atoms with Gasteiger partial charge in [0.25, 0.3) is 5.91 Å². The topological polar surface area (TPSA) is 97.6 Å². The Morgan fingerprint density at radius 2 is 1.88 bits per heavy atom. The van der Waals surface area contributed by atoms with Crippen molar-refractivity contribution in [1.29, 1.82) is 0 Å². The number of halogens is 1. The zero-order chi connectivity index (χ0) is 17.5. The van der Waals surface area contributed by atoms with Gasteiger partial charge in [-0.05, 0) is 24.3 Å². The van der Waals surface area contributed by atoms with Crippen molar-refractivity contribution in [2.75, 3.05) is 20.2 Å². The minimum absolute atomic E-state index is 0.0518. The molecule has 0 saturated heterocycles. The minimum Gasteiger partial charge on any atom is -0.450 e.